The number of rotatable bonds is 13. The Bertz CT molecular complexity index is 6160. The van der Waals surface area contributed by atoms with Gasteiger partial charge in [0.1, 0.15) is 54.0 Å². The van der Waals surface area contributed by atoms with E-state index in [9.17, 15) is 92.7 Å². The molecule has 0 spiro atoms. The van der Waals surface area contributed by atoms with Gasteiger partial charge in [0.25, 0.3) is 5.92 Å². The number of ether oxygens (including phenoxy) is 1. The number of benzene rings is 3. The molecule has 6 aliphatic heterocycles. The molecule has 28 nitrogen and oxygen atoms in total. The molecule has 4 aliphatic carbocycles. The minimum Gasteiger partial charge on any atom is -0.383 e. The van der Waals surface area contributed by atoms with Crippen LogP contribution < -0.4 is 21.3 Å². The Labute approximate surface area is 787 Å². The molecule has 4 saturated carbocycles. The average molecular weight is 1900 g/mol. The van der Waals surface area contributed by atoms with Crippen LogP contribution in [-0.2, 0) is 106 Å². The first-order valence-electron chi connectivity index (χ1n) is 48.3. The van der Waals surface area contributed by atoms with Crippen LogP contribution in [-0.4, -0.2) is 199 Å². The molecular formula is C101H119F8N15O13. The molecule has 10 atom stereocenters. The number of halogens is 8. The summed E-state index contributed by atoms with van der Waals surface area (Å²) in [5.74, 6) is -7.90. The number of piperidine rings is 3. The second kappa shape index (κ2) is 39.4. The van der Waals surface area contributed by atoms with Crippen LogP contribution in [0.4, 0.5) is 46.5 Å². The molecule has 7 fully saturated rings. The monoisotopic (exact) mass is 1900 g/mol. The van der Waals surface area contributed by atoms with E-state index in [2.05, 4.69) is 52.6 Å². The number of hydrogen-bond donors (Lipinski definition) is 4. The maximum atomic E-state index is 14.7. The summed E-state index contributed by atoms with van der Waals surface area (Å²) in [6, 6.07) is 12.6. The lowest BCUT2D eigenvalue weighted by Crippen LogP contribution is -2.45. The minimum atomic E-state index is -4.66. The van der Waals surface area contributed by atoms with Crippen molar-refractivity contribution in [2.75, 3.05) is 43.5 Å². The zero-order valence-electron chi connectivity index (χ0n) is 78.7. The fourth-order valence-corrected chi connectivity index (χ4v) is 22.4. The number of aromatic nitrogens is 8. The van der Waals surface area contributed by atoms with Crippen LogP contribution in [0.2, 0.25) is 0 Å². The van der Waals surface area contributed by atoms with E-state index in [-0.39, 0.29) is 168 Å². The number of hydrogen-bond acceptors (Lipinski definition) is 19. The summed E-state index contributed by atoms with van der Waals surface area (Å²) >= 11 is 0. The zero-order valence-corrected chi connectivity index (χ0v) is 78.7. The summed E-state index contributed by atoms with van der Waals surface area (Å²) in [6.45, 7) is 15.0. The summed E-state index contributed by atoms with van der Waals surface area (Å²) in [6.07, 6.45) is 6.62. The molecule has 10 aliphatic rings. The van der Waals surface area contributed by atoms with Crippen molar-refractivity contribution in [2.45, 2.75) is 316 Å². The molecule has 1 unspecified atom stereocenters. The van der Waals surface area contributed by atoms with Crippen molar-refractivity contribution in [3.63, 3.8) is 0 Å². The maximum absolute atomic E-state index is 14.7. The van der Waals surface area contributed by atoms with E-state index in [0.29, 0.717) is 154 Å². The largest absolute Gasteiger partial charge is 0.433 e. The minimum absolute atomic E-state index is 0.0220. The van der Waals surface area contributed by atoms with E-state index >= 15 is 0 Å². The smallest absolute Gasteiger partial charge is 0.383 e. The average Bonchev–Trinajstić information content (AvgIpc) is 1.54. The number of nitrogens with one attached hydrogen (secondary N) is 4. The molecule has 6 bridgehead atoms. The highest BCUT2D eigenvalue weighted by atomic mass is 19.4. The fraction of sp³-hybridized carbons (Fsp3) is 0.574. The Balaban J connectivity index is 0.000000149. The fourth-order valence-electron chi connectivity index (χ4n) is 22.4. The van der Waals surface area contributed by atoms with Crippen molar-refractivity contribution in [3.05, 3.63) is 134 Å². The zero-order chi connectivity index (χ0) is 97.9. The number of Topliss-reactive ketones (excluding diaryl/α,β-unsaturated/α-hetero) is 6. The standard InChI is InChI=1S/C34H38F3N5O4.C34H43F2N5O5.C33H38F3N5O4/c1-19-12-22-8-6-4-5-7-9-29(45)38-18-33-15-25(26(44)14-24-20(2)10-11-27(39-24)34(35,36)37)42(28(33)16-33)30(46)17-41-32(22)23(13-19)31(40-41)21(3)43;1-3-26(43)25-16-33-17-27(33)41(25)29(45)18-40-31-21(10-6-4-5-7-12-28(44)37-19-33)14-22(15-23(31)30(39-40)20(2)42)38-32(46)24-11-8-9-13-34(24,35)36;1-19-12-22-30(21(3)42)39-40-17-29(44)41-25(26(43)14-23-20(2)8-9-27(38-23)33(34,35)36)15-32(16-28(32)41)18-45-11-7-5-4-6-10-37-24(13-19)31(22)40/h10-13,25,28H,4-9,14-18H2,1-3H3,(H,38,45);14-15,24-25,27H,3-13,16-19H2,1-2H3,(H,37,44)(H,38,46);8-9,12-13,25,28,37H,4-7,10-11,14-18H2,1-3H3/t25-,28+,33-;24?,25-,27+,33-;25-,28+,32-/m000/s1. The van der Waals surface area contributed by atoms with Gasteiger partial charge in [-0.25, -0.2) is 18.7 Å². The lowest BCUT2D eigenvalue weighted by atomic mass is 9.85. The number of amides is 6. The van der Waals surface area contributed by atoms with Crippen molar-refractivity contribution < 1.29 is 97.4 Å². The van der Waals surface area contributed by atoms with Crippen LogP contribution in [0.3, 0.4) is 0 Å². The normalized spacial score (nSPS) is 25.5. The van der Waals surface area contributed by atoms with Crippen LogP contribution in [0.15, 0.2) is 60.7 Å². The van der Waals surface area contributed by atoms with Crippen molar-refractivity contribution >= 4 is 114 Å². The number of aryl methyl sites for hydroxylation is 6. The first kappa shape index (κ1) is 98.5. The van der Waals surface area contributed by atoms with Gasteiger partial charge >= 0.3 is 12.4 Å². The molecule has 137 heavy (non-hydrogen) atoms. The van der Waals surface area contributed by atoms with Gasteiger partial charge < -0.3 is 40.7 Å². The number of ketones is 6. The molecule has 732 valence electrons. The Kier molecular flexibility index (Phi) is 28.3. The van der Waals surface area contributed by atoms with Crippen LogP contribution in [0.5, 0.6) is 0 Å². The summed E-state index contributed by atoms with van der Waals surface area (Å²) in [7, 11) is 0. The van der Waals surface area contributed by atoms with Gasteiger partial charge in [-0.2, -0.15) is 41.6 Å². The van der Waals surface area contributed by atoms with Gasteiger partial charge in [-0.05, 0) is 201 Å². The van der Waals surface area contributed by atoms with E-state index in [4.69, 9.17) is 4.74 Å². The number of anilines is 2. The molecular weight excluding hydrogens is 1780 g/mol. The molecule has 8 aromatic rings. The number of nitrogens with zero attached hydrogens (tertiary/aromatic N) is 11. The third-order valence-electron chi connectivity index (χ3n) is 29.8. The Morgan fingerprint density at radius 1 is 0.474 bits per heavy atom. The highest BCUT2D eigenvalue weighted by molar-refractivity contribution is 6.10. The third kappa shape index (κ3) is 20.8. The number of pyridine rings is 2. The molecule has 0 radical (unpaired) electrons. The molecule has 6 amide bonds. The van der Waals surface area contributed by atoms with E-state index < -0.39 is 70.8 Å². The maximum Gasteiger partial charge on any atom is 0.433 e. The van der Waals surface area contributed by atoms with E-state index in [1.54, 1.807) is 57.0 Å². The molecule has 11 heterocycles. The summed E-state index contributed by atoms with van der Waals surface area (Å²) in [5, 5.41) is 27.8. The van der Waals surface area contributed by atoms with Gasteiger partial charge in [0.05, 0.1) is 71.2 Å². The van der Waals surface area contributed by atoms with E-state index in [1.807, 2.05) is 32.0 Å². The Morgan fingerprint density at radius 3 is 1.38 bits per heavy atom. The van der Waals surface area contributed by atoms with Crippen LogP contribution in [0.1, 0.15) is 276 Å². The van der Waals surface area contributed by atoms with Gasteiger partial charge in [0.2, 0.25) is 35.4 Å². The molecule has 3 saturated heterocycles. The first-order valence-corrected chi connectivity index (χ1v) is 48.3. The molecule has 3 aromatic carbocycles. The third-order valence-corrected chi connectivity index (χ3v) is 29.8. The van der Waals surface area contributed by atoms with Crippen LogP contribution >= 0.6 is 0 Å². The summed E-state index contributed by atoms with van der Waals surface area (Å²) in [5.41, 5.74) is 5.06. The van der Waals surface area contributed by atoms with E-state index in [1.165, 1.54) is 37.6 Å². The Morgan fingerprint density at radius 2 is 0.898 bits per heavy atom. The topological polar surface area (TPSA) is 351 Å². The van der Waals surface area contributed by atoms with Crippen molar-refractivity contribution in [1.82, 2.24) is 64.6 Å². The number of carbonyl (C=O) groups is 12. The lowest BCUT2D eigenvalue weighted by Gasteiger charge is -2.30. The van der Waals surface area contributed by atoms with Crippen molar-refractivity contribution in [1.29, 1.82) is 0 Å². The quantitative estimate of drug-likeness (QED) is 0.0615. The Hall–Kier alpha value is -11.6. The molecule has 5 aromatic heterocycles. The van der Waals surface area contributed by atoms with Gasteiger partial charge in [0, 0.05) is 129 Å². The van der Waals surface area contributed by atoms with Crippen LogP contribution in [0, 0.1) is 49.9 Å². The molecule has 4 N–H and O–H groups in total. The van der Waals surface area contributed by atoms with Gasteiger partial charge in [-0.15, -0.1) is 0 Å². The predicted molar refractivity (Wildman–Crippen MR) is 491 cm³/mol. The summed E-state index contributed by atoms with van der Waals surface area (Å²) < 4.78 is 121. The lowest BCUT2D eigenvalue weighted by molar-refractivity contribution is -0.142. The van der Waals surface area contributed by atoms with Gasteiger partial charge in [-0.3, -0.25) is 71.6 Å². The first-order chi connectivity index (χ1) is 65.1. The van der Waals surface area contributed by atoms with Crippen LogP contribution in [0.25, 0.3) is 32.7 Å². The van der Waals surface area contributed by atoms with E-state index in [0.717, 1.165) is 123 Å². The predicted octanol–water partition coefficient (Wildman–Crippen LogP) is 15.5. The second-order valence-electron chi connectivity index (χ2n) is 39.9. The highest BCUT2D eigenvalue weighted by Gasteiger charge is 2.70. The van der Waals surface area contributed by atoms with Gasteiger partial charge in [0.15, 0.2) is 34.7 Å². The van der Waals surface area contributed by atoms with Crippen molar-refractivity contribution in [2.24, 2.45) is 22.2 Å². The number of alkyl halides is 8. The van der Waals surface area contributed by atoms with Crippen molar-refractivity contribution in [3.8, 4) is 0 Å². The second-order valence-corrected chi connectivity index (χ2v) is 39.9. The SMILES string of the molecule is CC(=O)c1nn2c3c(cc(C)cc13)CCCCCCC(=O)NC[C@@]13C[C@@H](C(=O)Cc4nc(C(F)(F)F)ccc4C)N(C(=O)C2)[C@@H]1C3.CC(=O)c1nn2c3c(cc(C)cc13)NCCCCCCOC[C@@]13C[C@@H](C(=O)Cc4nc(C(F)(F)F)ccc4C)N(C(=O)C2)[C@@H]1C3.CCC(=O)[C@@H]1C[C@]23CNC(=O)CCCCCCc4cc(NC(=O)C5CCCCC5(F)F)cc5c(C(C)=O)nn(c45)CC(=O)N1[C@@H]2C3. The number of carbonyl (C=O) groups excluding carboxylic acids is 12. The highest BCUT2D eigenvalue weighted by Crippen LogP contribution is 2.62. The summed E-state index contributed by atoms with van der Waals surface area (Å²) in [4.78, 5) is 172. The van der Waals surface area contributed by atoms with Gasteiger partial charge in [-0.1, -0.05) is 75.6 Å². The molecule has 36 heteroatoms. The molecule has 18 rings (SSSR count).